The highest BCUT2D eigenvalue weighted by molar-refractivity contribution is 9.10. The number of rotatable bonds is 7. The molecular weight excluding hydrogens is 414 g/mol. The van der Waals surface area contributed by atoms with E-state index in [9.17, 15) is 23.3 Å². The van der Waals surface area contributed by atoms with Crippen LogP contribution in [0.4, 0.5) is 11.4 Å². The van der Waals surface area contributed by atoms with Crippen molar-refractivity contribution in [1.29, 1.82) is 0 Å². The van der Waals surface area contributed by atoms with Crippen LogP contribution in [0, 0.1) is 10.1 Å². The second kappa shape index (κ2) is 8.19. The third kappa shape index (κ3) is 5.34. The van der Waals surface area contributed by atoms with E-state index in [1.54, 1.807) is 18.2 Å². The van der Waals surface area contributed by atoms with Crippen molar-refractivity contribution in [3.8, 4) is 0 Å². The largest absolute Gasteiger partial charge is 0.320 e. The molecule has 0 aromatic heterocycles. The van der Waals surface area contributed by atoms with Gasteiger partial charge in [0.05, 0.1) is 9.82 Å². The topological polar surface area (TPSA) is 118 Å². The van der Waals surface area contributed by atoms with Crippen LogP contribution in [0.15, 0.2) is 57.9 Å². The third-order valence-corrected chi connectivity index (χ3v) is 5.15. The molecule has 0 saturated carbocycles. The number of benzene rings is 2. The molecular formula is C15H14BrN3O5S. The number of anilines is 1. The van der Waals surface area contributed by atoms with Gasteiger partial charge in [-0.25, -0.2) is 13.1 Å². The van der Waals surface area contributed by atoms with E-state index in [4.69, 9.17) is 0 Å². The van der Waals surface area contributed by atoms with E-state index in [0.29, 0.717) is 0 Å². The number of para-hydroxylation sites is 2. The van der Waals surface area contributed by atoms with Crippen LogP contribution in [-0.4, -0.2) is 25.8 Å². The van der Waals surface area contributed by atoms with Crippen LogP contribution in [0.3, 0.4) is 0 Å². The quantitative estimate of drug-likeness (QED) is 0.519. The second-order valence-electron chi connectivity index (χ2n) is 4.92. The highest BCUT2D eigenvalue weighted by Gasteiger charge is 2.16. The van der Waals surface area contributed by atoms with Crippen molar-refractivity contribution in [2.75, 3.05) is 11.9 Å². The van der Waals surface area contributed by atoms with Gasteiger partial charge in [-0.1, -0.05) is 28.1 Å². The summed E-state index contributed by atoms with van der Waals surface area (Å²) in [6, 6.07) is 11.8. The molecule has 2 aromatic carbocycles. The predicted molar refractivity (Wildman–Crippen MR) is 95.7 cm³/mol. The SMILES string of the molecule is O=C(CCNS(=O)(=O)c1ccc(Br)cc1)Nc1ccccc1[N+](=O)[O-]. The Kier molecular flexibility index (Phi) is 6.23. The first-order valence-electron chi connectivity index (χ1n) is 7.08. The van der Waals surface area contributed by atoms with E-state index in [1.807, 2.05) is 0 Å². The van der Waals surface area contributed by atoms with Crippen molar-refractivity contribution in [3.63, 3.8) is 0 Å². The van der Waals surface area contributed by atoms with Crippen LogP contribution >= 0.6 is 15.9 Å². The van der Waals surface area contributed by atoms with Crippen molar-refractivity contribution in [3.05, 3.63) is 63.1 Å². The monoisotopic (exact) mass is 427 g/mol. The van der Waals surface area contributed by atoms with Crippen molar-refractivity contribution in [2.45, 2.75) is 11.3 Å². The summed E-state index contributed by atoms with van der Waals surface area (Å²) in [7, 11) is -3.73. The lowest BCUT2D eigenvalue weighted by atomic mass is 10.2. The summed E-state index contributed by atoms with van der Waals surface area (Å²) in [6.07, 6.45) is -0.165. The minimum absolute atomic E-state index is 0.0632. The summed E-state index contributed by atoms with van der Waals surface area (Å²) in [5, 5.41) is 13.3. The van der Waals surface area contributed by atoms with Gasteiger partial charge in [-0.2, -0.15) is 0 Å². The standard InChI is InChI=1S/C15H14BrN3O5S/c16-11-5-7-12(8-6-11)25(23,24)17-10-9-15(20)18-13-3-1-2-4-14(13)19(21)22/h1-8,17H,9-10H2,(H,18,20). The zero-order chi connectivity index (χ0) is 18.4. The van der Waals surface area contributed by atoms with Gasteiger partial charge in [-0.3, -0.25) is 14.9 Å². The van der Waals surface area contributed by atoms with Crippen LogP contribution < -0.4 is 10.0 Å². The fraction of sp³-hybridized carbons (Fsp3) is 0.133. The molecule has 2 aromatic rings. The Labute approximate surface area is 152 Å². The lowest BCUT2D eigenvalue weighted by molar-refractivity contribution is -0.383. The number of amides is 1. The zero-order valence-electron chi connectivity index (χ0n) is 12.8. The second-order valence-corrected chi connectivity index (χ2v) is 7.61. The average molecular weight is 428 g/mol. The summed E-state index contributed by atoms with van der Waals surface area (Å²) in [4.78, 5) is 22.2. The molecule has 132 valence electrons. The van der Waals surface area contributed by atoms with Gasteiger partial charge in [0.25, 0.3) is 5.69 Å². The van der Waals surface area contributed by atoms with Crippen molar-refractivity contribution < 1.29 is 18.1 Å². The minimum atomic E-state index is -3.73. The molecule has 1 amide bonds. The molecule has 2 N–H and O–H groups in total. The van der Waals surface area contributed by atoms with E-state index in [0.717, 1.165) is 4.47 Å². The molecule has 0 aliphatic rings. The van der Waals surface area contributed by atoms with Crippen molar-refractivity contribution in [2.24, 2.45) is 0 Å². The number of nitro groups is 1. The van der Waals surface area contributed by atoms with Gasteiger partial charge in [0.15, 0.2) is 0 Å². The Morgan fingerprint density at radius 2 is 1.76 bits per heavy atom. The van der Waals surface area contributed by atoms with Gasteiger partial charge in [0, 0.05) is 23.5 Å². The maximum Gasteiger partial charge on any atom is 0.292 e. The summed E-state index contributed by atoms with van der Waals surface area (Å²) in [6.45, 7) is -0.134. The van der Waals surface area contributed by atoms with E-state index in [2.05, 4.69) is 26.0 Å². The van der Waals surface area contributed by atoms with Crippen molar-refractivity contribution >= 4 is 43.2 Å². The smallest absolute Gasteiger partial charge is 0.292 e. The van der Waals surface area contributed by atoms with E-state index in [-0.39, 0.29) is 29.2 Å². The minimum Gasteiger partial charge on any atom is -0.320 e. The molecule has 2 rings (SSSR count). The first kappa shape index (κ1) is 19.0. The average Bonchev–Trinajstić information content (AvgIpc) is 2.55. The number of sulfonamides is 1. The number of hydrogen-bond donors (Lipinski definition) is 2. The molecule has 10 heteroatoms. The van der Waals surface area contributed by atoms with Gasteiger partial charge in [0.2, 0.25) is 15.9 Å². The number of carbonyl (C=O) groups is 1. The van der Waals surface area contributed by atoms with Crippen LogP contribution in [0.2, 0.25) is 0 Å². The molecule has 0 atom stereocenters. The molecule has 0 spiro atoms. The van der Waals surface area contributed by atoms with Crippen LogP contribution in [0.5, 0.6) is 0 Å². The number of carbonyl (C=O) groups excluding carboxylic acids is 1. The first-order chi connectivity index (χ1) is 11.8. The highest BCUT2D eigenvalue weighted by atomic mass is 79.9. The Bertz CT molecular complexity index is 884. The molecule has 0 radical (unpaired) electrons. The van der Waals surface area contributed by atoms with Gasteiger partial charge >= 0.3 is 0 Å². The molecule has 0 fully saturated rings. The van der Waals surface area contributed by atoms with Crippen LogP contribution in [-0.2, 0) is 14.8 Å². The van der Waals surface area contributed by atoms with Gasteiger partial charge < -0.3 is 5.32 Å². The molecule has 0 aliphatic heterocycles. The molecule has 8 nitrogen and oxygen atoms in total. The number of nitrogens with one attached hydrogen (secondary N) is 2. The highest BCUT2D eigenvalue weighted by Crippen LogP contribution is 2.23. The molecule has 25 heavy (non-hydrogen) atoms. The van der Waals surface area contributed by atoms with E-state index >= 15 is 0 Å². The van der Waals surface area contributed by atoms with Gasteiger partial charge in [-0.15, -0.1) is 0 Å². The number of nitrogens with zero attached hydrogens (tertiary/aromatic N) is 1. The number of nitro benzene ring substituents is 1. The number of halogens is 1. The van der Waals surface area contributed by atoms with Crippen molar-refractivity contribution in [1.82, 2.24) is 4.72 Å². The summed E-state index contributed by atoms with van der Waals surface area (Å²) < 4.78 is 27.2. The summed E-state index contributed by atoms with van der Waals surface area (Å²) >= 11 is 3.22. The van der Waals surface area contributed by atoms with E-state index < -0.39 is 20.9 Å². The van der Waals surface area contributed by atoms with Gasteiger partial charge in [-0.05, 0) is 30.3 Å². The fourth-order valence-electron chi connectivity index (χ4n) is 1.95. The molecule has 0 bridgehead atoms. The molecule has 0 heterocycles. The Morgan fingerprint density at radius 1 is 1.12 bits per heavy atom. The predicted octanol–water partition coefficient (Wildman–Crippen LogP) is 2.66. The van der Waals surface area contributed by atoms with Crippen LogP contribution in [0.1, 0.15) is 6.42 Å². The lowest BCUT2D eigenvalue weighted by Gasteiger charge is -2.08. The fourth-order valence-corrected chi connectivity index (χ4v) is 3.24. The van der Waals surface area contributed by atoms with Gasteiger partial charge in [0.1, 0.15) is 5.69 Å². The maximum absolute atomic E-state index is 12.1. The van der Waals surface area contributed by atoms with E-state index in [1.165, 1.54) is 30.3 Å². The molecule has 0 saturated heterocycles. The Morgan fingerprint density at radius 3 is 2.40 bits per heavy atom. The summed E-state index contributed by atoms with van der Waals surface area (Å²) in [5.74, 6) is -0.534. The molecule has 0 unspecified atom stereocenters. The zero-order valence-corrected chi connectivity index (χ0v) is 15.2. The molecule has 0 aliphatic carbocycles. The lowest BCUT2D eigenvalue weighted by Crippen LogP contribution is -2.27. The number of hydrogen-bond acceptors (Lipinski definition) is 5. The Balaban J connectivity index is 1.92. The maximum atomic E-state index is 12.1. The Hall–Kier alpha value is -2.30. The third-order valence-electron chi connectivity index (χ3n) is 3.14. The first-order valence-corrected chi connectivity index (χ1v) is 9.36. The normalized spacial score (nSPS) is 11.1. The van der Waals surface area contributed by atoms with Crippen LogP contribution in [0.25, 0.3) is 0 Å². The summed E-state index contributed by atoms with van der Waals surface area (Å²) in [5.41, 5.74) is -0.167.